The van der Waals surface area contributed by atoms with Gasteiger partial charge in [-0.15, -0.1) is 0 Å². The van der Waals surface area contributed by atoms with Crippen LogP contribution in [0.3, 0.4) is 0 Å². The Morgan fingerprint density at radius 2 is 1.76 bits per heavy atom. The number of nitrogens with one attached hydrogen (secondary N) is 2. The molecule has 0 amide bonds. The van der Waals surface area contributed by atoms with Crippen LogP contribution in [-0.4, -0.2) is 54.0 Å². The molecule has 1 aromatic carbocycles. The molecule has 34 heavy (non-hydrogen) atoms. The third-order valence-corrected chi connectivity index (χ3v) is 6.78. The fourth-order valence-electron chi connectivity index (χ4n) is 3.35. The number of rotatable bonds is 8. The van der Waals surface area contributed by atoms with Crippen LogP contribution >= 0.6 is 15.9 Å². The van der Waals surface area contributed by atoms with Crippen LogP contribution < -0.4 is 14.2 Å². The van der Waals surface area contributed by atoms with Crippen molar-refractivity contribution in [2.75, 3.05) is 18.9 Å². The Labute approximate surface area is 201 Å². The number of H-pyrrole nitrogens is 1. The zero-order chi connectivity index (χ0) is 24.5. The lowest BCUT2D eigenvalue weighted by atomic mass is 10.1. The Hall–Kier alpha value is -3.39. The molecule has 0 aliphatic rings. The summed E-state index contributed by atoms with van der Waals surface area (Å²) in [5, 5.41) is 0.367. The zero-order valence-corrected chi connectivity index (χ0v) is 20.1. The lowest BCUT2D eigenvalue weighted by Gasteiger charge is -2.14. The summed E-state index contributed by atoms with van der Waals surface area (Å²) in [5.41, 5.74) is 0.993. The lowest BCUT2D eigenvalue weighted by molar-refractivity contribution is 0.146. The molecule has 0 unspecified atom stereocenters. The molecule has 3 aromatic heterocycles. The quantitative estimate of drug-likeness (QED) is 0.336. The van der Waals surface area contributed by atoms with Crippen LogP contribution in [0.5, 0.6) is 11.8 Å². The molecular weight excluding hydrogens is 538 g/mol. The fourth-order valence-corrected chi connectivity index (χ4v) is 4.97. The minimum atomic E-state index is -4.22. The summed E-state index contributed by atoms with van der Waals surface area (Å²) in [6, 6.07) is 4.97. The Bertz CT molecular complexity index is 1430. The van der Waals surface area contributed by atoms with Gasteiger partial charge in [-0.05, 0) is 28.1 Å². The zero-order valence-electron chi connectivity index (χ0n) is 17.7. The summed E-state index contributed by atoms with van der Waals surface area (Å²) >= 11 is 3.46. The predicted molar refractivity (Wildman–Crippen MR) is 123 cm³/mol. The molecule has 14 heteroatoms. The van der Waals surface area contributed by atoms with Gasteiger partial charge in [0.1, 0.15) is 4.90 Å². The number of methoxy groups -OCH3 is 2. The van der Waals surface area contributed by atoms with E-state index in [-0.39, 0.29) is 22.2 Å². The van der Waals surface area contributed by atoms with Crippen LogP contribution in [0.2, 0.25) is 0 Å². The summed E-state index contributed by atoms with van der Waals surface area (Å²) in [6.45, 7) is 0. The number of aromatic nitrogens is 5. The predicted octanol–water partition coefficient (Wildman–Crippen LogP) is 3.80. The highest BCUT2D eigenvalue weighted by atomic mass is 79.9. The van der Waals surface area contributed by atoms with Crippen LogP contribution in [0.15, 0.2) is 46.2 Å². The molecule has 0 bridgehead atoms. The van der Waals surface area contributed by atoms with E-state index in [1.165, 1.54) is 20.4 Å². The second-order valence-electron chi connectivity index (χ2n) is 6.82. The molecule has 0 saturated carbocycles. The number of benzene rings is 1. The Kier molecular flexibility index (Phi) is 6.61. The number of nitrogens with zero attached hydrogens (tertiary/aromatic N) is 4. The van der Waals surface area contributed by atoms with Gasteiger partial charge >= 0.3 is 0 Å². The maximum absolute atomic E-state index is 13.2. The maximum Gasteiger partial charge on any atom is 0.266 e. The number of ether oxygens (including phenoxy) is 2. The lowest BCUT2D eigenvalue weighted by Crippen LogP contribution is -2.16. The number of halogens is 3. The number of hydrogen-bond acceptors (Lipinski definition) is 8. The molecule has 2 N–H and O–H groups in total. The molecule has 0 radical (unpaired) electrons. The van der Waals surface area contributed by atoms with E-state index < -0.39 is 28.8 Å². The van der Waals surface area contributed by atoms with Gasteiger partial charge in [-0.2, -0.15) is 9.97 Å². The minimum Gasteiger partial charge on any atom is -0.481 e. The van der Waals surface area contributed by atoms with Crippen molar-refractivity contribution in [2.45, 2.75) is 17.7 Å². The van der Waals surface area contributed by atoms with Crippen LogP contribution in [0, 0.1) is 0 Å². The average molecular weight is 555 g/mol. The van der Waals surface area contributed by atoms with Gasteiger partial charge in [0, 0.05) is 34.9 Å². The van der Waals surface area contributed by atoms with E-state index in [1.54, 1.807) is 30.6 Å². The first-order chi connectivity index (χ1) is 16.2. The number of hydrogen-bond donors (Lipinski definition) is 2. The molecule has 0 aliphatic heterocycles. The van der Waals surface area contributed by atoms with Crippen molar-refractivity contribution in [3.05, 3.63) is 46.8 Å². The van der Waals surface area contributed by atoms with E-state index in [1.807, 2.05) is 0 Å². The van der Waals surface area contributed by atoms with Gasteiger partial charge in [-0.3, -0.25) is 0 Å². The summed E-state index contributed by atoms with van der Waals surface area (Å²) in [7, 11) is -1.77. The minimum absolute atomic E-state index is 0.0765. The van der Waals surface area contributed by atoms with Crippen molar-refractivity contribution in [3.8, 4) is 23.1 Å². The summed E-state index contributed by atoms with van der Waals surface area (Å²) < 4.78 is 65.4. The van der Waals surface area contributed by atoms with Gasteiger partial charge in [-0.25, -0.2) is 31.9 Å². The van der Waals surface area contributed by atoms with E-state index in [0.717, 1.165) is 0 Å². The van der Waals surface area contributed by atoms with Crippen LogP contribution in [0.25, 0.3) is 22.3 Å². The number of anilines is 1. The van der Waals surface area contributed by atoms with E-state index in [0.29, 0.717) is 26.8 Å². The Morgan fingerprint density at radius 3 is 2.35 bits per heavy atom. The molecule has 0 fully saturated rings. The van der Waals surface area contributed by atoms with Crippen LogP contribution in [0.1, 0.15) is 5.56 Å². The second kappa shape index (κ2) is 9.46. The van der Waals surface area contributed by atoms with Crippen molar-refractivity contribution in [1.82, 2.24) is 24.9 Å². The molecule has 178 valence electrons. The van der Waals surface area contributed by atoms with Crippen molar-refractivity contribution >= 4 is 42.8 Å². The number of aromatic amines is 1. The Morgan fingerprint density at radius 1 is 1.12 bits per heavy atom. The monoisotopic (exact) mass is 554 g/mol. The van der Waals surface area contributed by atoms with Crippen molar-refractivity contribution in [1.29, 1.82) is 0 Å². The van der Waals surface area contributed by atoms with E-state index >= 15 is 0 Å². The molecular formula is C20H17BrF2N6O4S. The highest BCUT2D eigenvalue weighted by Gasteiger charge is 2.26. The van der Waals surface area contributed by atoms with Gasteiger partial charge in [0.15, 0.2) is 5.82 Å². The molecule has 4 aromatic rings. The van der Waals surface area contributed by atoms with Gasteiger partial charge in [0.25, 0.3) is 10.0 Å². The standard InChI is InChI=1S/C20H17BrF2N6O4S/c1-32-18-11(8-14(22)23)19(33-2)28-20(27-18)29-34(30,31)13-9-26-16-10(13)4-5-12(21)15(16)17-24-6-3-7-25-17/h3-7,9,14,26H,8H2,1-2H3,(H,27,28,29). The third kappa shape index (κ3) is 4.50. The number of fused-ring (bicyclic) bond motifs is 1. The molecule has 0 atom stereocenters. The second-order valence-corrected chi connectivity index (χ2v) is 9.32. The highest BCUT2D eigenvalue weighted by molar-refractivity contribution is 9.10. The van der Waals surface area contributed by atoms with Gasteiger partial charge in [-0.1, -0.05) is 6.07 Å². The van der Waals surface area contributed by atoms with Gasteiger partial charge in [0.2, 0.25) is 24.1 Å². The number of sulfonamides is 1. The first-order valence-corrected chi connectivity index (χ1v) is 11.9. The van der Waals surface area contributed by atoms with E-state index in [2.05, 4.69) is 45.6 Å². The Balaban J connectivity index is 1.77. The molecule has 3 heterocycles. The number of alkyl halides is 2. The van der Waals surface area contributed by atoms with Gasteiger partial charge < -0.3 is 14.5 Å². The van der Waals surface area contributed by atoms with E-state index in [9.17, 15) is 17.2 Å². The molecule has 0 saturated heterocycles. The van der Waals surface area contributed by atoms with Gasteiger partial charge in [0.05, 0.1) is 30.9 Å². The van der Waals surface area contributed by atoms with Crippen LogP contribution in [-0.2, 0) is 16.4 Å². The van der Waals surface area contributed by atoms with Crippen molar-refractivity contribution in [3.63, 3.8) is 0 Å². The average Bonchev–Trinajstić information content (AvgIpc) is 3.24. The fraction of sp³-hybridized carbons (Fsp3) is 0.200. The summed E-state index contributed by atoms with van der Waals surface area (Å²) in [6.07, 6.45) is 1.03. The molecule has 0 aliphatic carbocycles. The SMILES string of the molecule is COc1nc(NS(=O)(=O)c2c[nH]c3c(-c4ncccn4)c(Br)ccc23)nc(OC)c1CC(F)F. The summed E-state index contributed by atoms with van der Waals surface area (Å²) in [4.78, 5) is 19.2. The van der Waals surface area contributed by atoms with Crippen LogP contribution in [0.4, 0.5) is 14.7 Å². The first kappa shape index (κ1) is 23.8. The third-order valence-electron chi connectivity index (χ3n) is 4.75. The van der Waals surface area contributed by atoms with Crippen molar-refractivity contribution in [2.24, 2.45) is 0 Å². The topological polar surface area (TPSA) is 132 Å². The normalized spacial score (nSPS) is 11.7. The highest BCUT2D eigenvalue weighted by Crippen LogP contribution is 2.36. The molecule has 10 nitrogen and oxygen atoms in total. The largest absolute Gasteiger partial charge is 0.481 e. The van der Waals surface area contributed by atoms with E-state index in [4.69, 9.17) is 9.47 Å². The molecule has 4 rings (SSSR count). The summed E-state index contributed by atoms with van der Waals surface area (Å²) in [5.74, 6) is -0.455. The molecule has 0 spiro atoms. The van der Waals surface area contributed by atoms with Crippen molar-refractivity contribution < 1.29 is 26.7 Å². The first-order valence-electron chi connectivity index (χ1n) is 9.62. The maximum atomic E-state index is 13.2. The smallest absolute Gasteiger partial charge is 0.266 e.